The second kappa shape index (κ2) is 20.7. The molecular formula is C41H46Cl2F2N6O6S2. The fourth-order valence-electron chi connectivity index (χ4n) is 6.82. The first-order chi connectivity index (χ1) is 27.8. The van der Waals surface area contributed by atoms with E-state index in [1.54, 1.807) is 24.7 Å². The Labute approximate surface area is 359 Å². The van der Waals surface area contributed by atoms with Crippen molar-refractivity contribution in [3.63, 3.8) is 0 Å². The van der Waals surface area contributed by atoms with Gasteiger partial charge in [0.2, 0.25) is 5.91 Å². The summed E-state index contributed by atoms with van der Waals surface area (Å²) < 4.78 is 38.7. The molecule has 2 aromatic carbocycles. The molecular weight excluding hydrogens is 846 g/mol. The zero-order valence-electron chi connectivity index (χ0n) is 31.9. The Bertz CT molecular complexity index is 2280. The third-order valence-electron chi connectivity index (χ3n) is 9.85. The molecule has 3 aromatic heterocycles. The molecule has 0 saturated carbocycles. The maximum absolute atomic E-state index is 14.5. The number of thiazole rings is 2. The van der Waals surface area contributed by atoms with Gasteiger partial charge in [0.05, 0.1) is 68.4 Å². The molecule has 59 heavy (non-hydrogen) atoms. The molecule has 2 N–H and O–H groups in total. The highest BCUT2D eigenvalue weighted by molar-refractivity contribution is 7.12. The van der Waals surface area contributed by atoms with Crippen LogP contribution in [0.3, 0.4) is 0 Å². The van der Waals surface area contributed by atoms with E-state index in [1.807, 2.05) is 35.9 Å². The van der Waals surface area contributed by atoms with Gasteiger partial charge in [-0.15, -0.1) is 22.7 Å². The number of para-hydroxylation sites is 1. The van der Waals surface area contributed by atoms with Gasteiger partial charge in [0.25, 0.3) is 5.91 Å². The number of carbonyl (C=O) groups excluding carboxylic acids is 4. The second-order valence-corrected chi connectivity index (χ2v) is 17.0. The van der Waals surface area contributed by atoms with Crippen LogP contribution in [0.5, 0.6) is 0 Å². The molecule has 5 aromatic rings. The molecule has 2 aliphatic heterocycles. The fourth-order valence-corrected chi connectivity index (χ4v) is 9.33. The number of alkyl halides is 2. The van der Waals surface area contributed by atoms with Gasteiger partial charge in [-0.3, -0.25) is 19.2 Å². The minimum Gasteiger partial charge on any atom is -0.469 e. The summed E-state index contributed by atoms with van der Waals surface area (Å²) in [5.41, 5.74) is 2.19. The molecule has 18 heteroatoms. The van der Waals surface area contributed by atoms with Crippen LogP contribution in [0.1, 0.15) is 80.9 Å². The van der Waals surface area contributed by atoms with Crippen LogP contribution >= 0.6 is 45.9 Å². The number of ether oxygens (including phenoxy) is 2. The van der Waals surface area contributed by atoms with Crippen LogP contribution in [0.2, 0.25) is 10.0 Å². The van der Waals surface area contributed by atoms with Gasteiger partial charge in [0.1, 0.15) is 22.4 Å². The Kier molecular flexibility index (Phi) is 16.0. The minimum absolute atomic E-state index is 0. The normalized spacial score (nSPS) is 18.5. The quantitative estimate of drug-likeness (QED) is 0.118. The summed E-state index contributed by atoms with van der Waals surface area (Å²) in [6, 6.07) is 10.1. The van der Waals surface area contributed by atoms with E-state index in [9.17, 15) is 28.0 Å². The zero-order chi connectivity index (χ0) is 41.5. The molecule has 7 rings (SSSR count). The van der Waals surface area contributed by atoms with Crippen molar-refractivity contribution in [1.82, 2.24) is 24.8 Å². The van der Waals surface area contributed by atoms with Crippen molar-refractivity contribution in [3.05, 3.63) is 95.9 Å². The number of anilines is 1. The van der Waals surface area contributed by atoms with Gasteiger partial charge < -0.3 is 29.6 Å². The summed E-state index contributed by atoms with van der Waals surface area (Å²) in [4.78, 5) is 60.9. The van der Waals surface area contributed by atoms with Crippen LogP contribution < -0.4 is 10.6 Å². The smallest absolute Gasteiger partial charge is 0.305 e. The standard InChI is InChI=1S/C29H27Cl2FN4O4S.C11H15FN2O2S.CH4/c1-35-15-20(19-5-3-4-6-24(19)35)28(39)34-23-12-21(30)16(9-22(23)31)10-26(37)36-14-17(32)11-25(36)29-33-13-18(41-29)7-8-27(38)40-2;1-16-10(15)3-2-8-6-14-11(17-8)9-4-7(12)5-13-9;/h3-6,9,12-13,15,17,25H,7-8,10-11,14H2,1-2H3,(H,34,39);6-7,9,13H,2-5H2,1H3;1H4/t17-,25-;7-,9-;/m00./s1. The highest BCUT2D eigenvalue weighted by Gasteiger charge is 2.38. The first-order valence-corrected chi connectivity index (χ1v) is 20.9. The number of hydrogen-bond donors (Lipinski definition) is 2. The monoisotopic (exact) mass is 890 g/mol. The van der Waals surface area contributed by atoms with Crippen LogP contribution in [0.4, 0.5) is 14.5 Å². The number of aryl methyl sites for hydroxylation is 3. The van der Waals surface area contributed by atoms with E-state index in [0.29, 0.717) is 54.0 Å². The predicted octanol–water partition coefficient (Wildman–Crippen LogP) is 8.41. The number of nitrogens with zero attached hydrogens (tertiary/aromatic N) is 4. The Balaban J connectivity index is 0.000000307. The van der Waals surface area contributed by atoms with Crippen LogP contribution in [0, 0.1) is 0 Å². The van der Waals surface area contributed by atoms with Crippen molar-refractivity contribution in [2.75, 3.05) is 32.6 Å². The van der Waals surface area contributed by atoms with Crippen molar-refractivity contribution in [1.29, 1.82) is 0 Å². The molecule has 2 amide bonds. The van der Waals surface area contributed by atoms with E-state index >= 15 is 0 Å². The van der Waals surface area contributed by atoms with Crippen molar-refractivity contribution >= 4 is 86.2 Å². The van der Waals surface area contributed by atoms with E-state index in [2.05, 4.69) is 30.1 Å². The molecule has 2 fully saturated rings. The molecule has 0 radical (unpaired) electrons. The maximum atomic E-state index is 14.5. The molecule has 316 valence electrons. The van der Waals surface area contributed by atoms with E-state index in [-0.39, 0.29) is 73.1 Å². The Morgan fingerprint density at radius 1 is 0.915 bits per heavy atom. The number of amides is 2. The number of benzene rings is 2. The van der Waals surface area contributed by atoms with Gasteiger partial charge in [0.15, 0.2) is 0 Å². The average Bonchev–Trinajstić information content (AvgIpc) is 4.07. The van der Waals surface area contributed by atoms with Gasteiger partial charge in [-0.2, -0.15) is 0 Å². The topological polar surface area (TPSA) is 145 Å². The molecule has 2 aliphatic rings. The van der Waals surface area contributed by atoms with Gasteiger partial charge in [-0.1, -0.05) is 48.8 Å². The average molecular weight is 892 g/mol. The lowest BCUT2D eigenvalue weighted by Crippen LogP contribution is -2.32. The highest BCUT2D eigenvalue weighted by atomic mass is 35.5. The highest BCUT2D eigenvalue weighted by Crippen LogP contribution is 2.38. The summed E-state index contributed by atoms with van der Waals surface area (Å²) >= 11 is 15.9. The van der Waals surface area contributed by atoms with Crippen molar-refractivity contribution in [2.24, 2.45) is 7.05 Å². The number of hydrogen-bond acceptors (Lipinski definition) is 11. The molecule has 5 heterocycles. The number of carbonyl (C=O) groups is 4. The molecule has 2 saturated heterocycles. The summed E-state index contributed by atoms with van der Waals surface area (Å²) in [7, 11) is 4.58. The summed E-state index contributed by atoms with van der Waals surface area (Å²) in [5.74, 6) is -1.20. The van der Waals surface area contributed by atoms with Crippen LogP contribution in [0.15, 0.2) is 55.0 Å². The fraction of sp³-hybridized carbons (Fsp3) is 0.415. The van der Waals surface area contributed by atoms with Gasteiger partial charge >= 0.3 is 11.9 Å². The number of halogens is 4. The van der Waals surface area contributed by atoms with Crippen molar-refractivity contribution < 1.29 is 37.4 Å². The van der Waals surface area contributed by atoms with Crippen molar-refractivity contribution in [3.8, 4) is 0 Å². The molecule has 4 atom stereocenters. The van der Waals surface area contributed by atoms with E-state index < -0.39 is 18.4 Å². The number of rotatable bonds is 12. The number of fused-ring (bicyclic) bond motifs is 1. The lowest BCUT2D eigenvalue weighted by Gasteiger charge is -2.23. The molecule has 12 nitrogen and oxygen atoms in total. The minimum atomic E-state index is -1.18. The maximum Gasteiger partial charge on any atom is 0.305 e. The lowest BCUT2D eigenvalue weighted by molar-refractivity contribution is -0.141. The Hall–Kier alpha value is -4.48. The van der Waals surface area contributed by atoms with Crippen molar-refractivity contribution in [2.45, 2.75) is 76.8 Å². The molecule has 0 unspecified atom stereocenters. The SMILES string of the molecule is C.COC(=O)CCc1cnc([C@@H]2C[C@H](F)CN2)s1.COC(=O)CCc1cnc([C@@H]2C[C@H](F)CN2C(=O)Cc2cc(Cl)c(NC(=O)c3cn(C)c4ccccc34)cc2Cl)s1. The second-order valence-electron chi connectivity index (χ2n) is 13.9. The predicted molar refractivity (Wildman–Crippen MR) is 227 cm³/mol. The van der Waals surface area contributed by atoms with Crippen LogP contribution in [-0.2, 0) is 50.2 Å². The van der Waals surface area contributed by atoms with E-state index in [1.165, 1.54) is 47.9 Å². The Morgan fingerprint density at radius 3 is 2.20 bits per heavy atom. The van der Waals surface area contributed by atoms with Crippen LogP contribution in [0.25, 0.3) is 10.9 Å². The molecule has 0 aliphatic carbocycles. The number of aromatic nitrogens is 3. The van der Waals surface area contributed by atoms with E-state index in [0.717, 1.165) is 25.7 Å². The lowest BCUT2D eigenvalue weighted by atomic mass is 10.1. The van der Waals surface area contributed by atoms with Gasteiger partial charge in [-0.05, 0) is 36.6 Å². The largest absolute Gasteiger partial charge is 0.469 e. The van der Waals surface area contributed by atoms with E-state index in [4.69, 9.17) is 23.2 Å². The summed E-state index contributed by atoms with van der Waals surface area (Å²) in [6.07, 6.45) is 5.41. The molecule has 0 bridgehead atoms. The number of likely N-dealkylation sites (tertiary alicyclic amines) is 1. The third kappa shape index (κ3) is 11.4. The first-order valence-electron chi connectivity index (χ1n) is 18.5. The third-order valence-corrected chi connectivity index (χ3v) is 12.8. The van der Waals surface area contributed by atoms with Gasteiger partial charge in [0, 0.05) is 70.7 Å². The number of nitrogens with one attached hydrogen (secondary N) is 2. The first kappa shape index (κ1) is 45.6. The molecule has 0 spiro atoms. The summed E-state index contributed by atoms with van der Waals surface area (Å²) in [5, 5.41) is 8.72. The number of methoxy groups -OCH3 is 2. The zero-order valence-corrected chi connectivity index (χ0v) is 35.1. The van der Waals surface area contributed by atoms with Crippen LogP contribution in [-0.4, -0.2) is 82.8 Å². The Morgan fingerprint density at radius 2 is 1.56 bits per heavy atom. The van der Waals surface area contributed by atoms with Gasteiger partial charge in [-0.25, -0.2) is 18.7 Å². The number of esters is 2. The summed E-state index contributed by atoms with van der Waals surface area (Å²) in [6.45, 7) is 0.354.